The van der Waals surface area contributed by atoms with Crippen LogP contribution in [0.5, 0.6) is 5.75 Å². The third-order valence-electron chi connectivity index (χ3n) is 19.9. The first-order valence-corrected chi connectivity index (χ1v) is 27.6. The maximum absolute atomic E-state index is 14.3. The lowest BCUT2D eigenvalue weighted by Gasteiger charge is -2.63. The van der Waals surface area contributed by atoms with E-state index >= 15 is 0 Å². The molecule has 1 heterocycles. The number of amides is 2. The highest BCUT2D eigenvalue weighted by Gasteiger charge is 2.66. The van der Waals surface area contributed by atoms with Crippen LogP contribution in [0.2, 0.25) is 0 Å². The van der Waals surface area contributed by atoms with E-state index in [0.717, 1.165) is 38.5 Å². The second-order valence-electron chi connectivity index (χ2n) is 24.0. The van der Waals surface area contributed by atoms with Crippen molar-refractivity contribution in [2.75, 3.05) is 13.7 Å². The lowest BCUT2D eigenvalue weighted by atomic mass is 9.43. The van der Waals surface area contributed by atoms with Crippen LogP contribution in [0.25, 0.3) is 0 Å². The van der Waals surface area contributed by atoms with Crippen molar-refractivity contribution < 1.29 is 68.8 Å². The Hall–Kier alpha value is -4.13. The van der Waals surface area contributed by atoms with Crippen molar-refractivity contribution in [3.8, 4) is 5.75 Å². The minimum Gasteiger partial charge on any atom is -0.496 e. The predicted octanol–water partition coefficient (Wildman–Crippen LogP) is 5.19. The predicted molar refractivity (Wildman–Crippen MR) is 271 cm³/mol. The Kier molecular flexibility index (Phi) is 15.8. The molecule has 9 rings (SSSR count). The number of aliphatic hydroxyl groups excluding tert-OH is 5. The van der Waals surface area contributed by atoms with Crippen LogP contribution in [0.4, 0.5) is 0 Å². The summed E-state index contributed by atoms with van der Waals surface area (Å²) in [6, 6.07) is 5.97. The number of Topliss-reactive ketones (excluding diaryl/α,β-unsaturated/α-hetero) is 1. The zero-order chi connectivity index (χ0) is 53.2. The Bertz CT molecular complexity index is 2480. The molecule has 4 saturated carbocycles. The fourth-order valence-electron chi connectivity index (χ4n) is 15.8. The maximum atomic E-state index is 14.3. The molecule has 0 radical (unpaired) electrons. The van der Waals surface area contributed by atoms with Gasteiger partial charge in [0.05, 0.1) is 49.2 Å². The SMILES string of the molecule is CCCCCC(NC(=O)CC[C@@H](C)[C@H]1CCC2[C@@H]3[C@H](O)C[C@@H]4C[C@H](O)CC[C@]4(C)[C@H]3C[C@H](O)[C@@]21C)C(=O)NC1CC(OC2C[C@](O)(C(=O)CO)Cc3cc4c(cc32)C(=O)c2c(OC)cccc2C4=O)OC(C)C1O. The van der Waals surface area contributed by atoms with E-state index in [1.165, 1.54) is 25.3 Å². The number of benzene rings is 2. The molecule has 5 fully saturated rings. The minimum absolute atomic E-state index is 0.0254. The van der Waals surface area contributed by atoms with Crippen LogP contribution >= 0.6 is 0 Å². The summed E-state index contributed by atoms with van der Waals surface area (Å²) in [6.07, 6.45) is 2.73. The van der Waals surface area contributed by atoms with Gasteiger partial charge in [0, 0.05) is 42.4 Å². The number of aliphatic hydroxyl groups is 6. The summed E-state index contributed by atoms with van der Waals surface area (Å²) < 4.78 is 18.1. The second kappa shape index (κ2) is 21.4. The Labute approximate surface area is 434 Å². The molecule has 1 saturated heterocycles. The van der Waals surface area contributed by atoms with Gasteiger partial charge in [0.2, 0.25) is 11.8 Å². The van der Waals surface area contributed by atoms with Gasteiger partial charge in [0.25, 0.3) is 0 Å². The number of ether oxygens (including phenoxy) is 3. The van der Waals surface area contributed by atoms with Crippen molar-refractivity contribution >= 4 is 29.2 Å². The molecule has 2 aromatic carbocycles. The van der Waals surface area contributed by atoms with Crippen LogP contribution in [0, 0.1) is 46.3 Å². The average Bonchev–Trinajstić information content (AvgIpc) is 3.74. The Morgan fingerprint density at radius 3 is 2.41 bits per heavy atom. The molecule has 0 aromatic heterocycles. The Morgan fingerprint density at radius 2 is 1.68 bits per heavy atom. The molecule has 406 valence electrons. The fraction of sp³-hybridized carbons (Fsp3) is 0.707. The van der Waals surface area contributed by atoms with E-state index in [2.05, 4.69) is 31.4 Å². The highest BCUT2D eigenvalue weighted by atomic mass is 16.7. The molecule has 8 N–H and O–H groups in total. The summed E-state index contributed by atoms with van der Waals surface area (Å²) in [6.45, 7) is 9.41. The number of ketones is 3. The third kappa shape index (κ3) is 9.70. The van der Waals surface area contributed by atoms with Gasteiger partial charge >= 0.3 is 0 Å². The molecule has 7 aliphatic rings. The Balaban J connectivity index is 0.866. The van der Waals surface area contributed by atoms with Crippen LogP contribution in [0.15, 0.2) is 30.3 Å². The van der Waals surface area contributed by atoms with E-state index in [4.69, 9.17) is 14.2 Å². The van der Waals surface area contributed by atoms with Crippen LogP contribution < -0.4 is 15.4 Å². The average molecular weight is 1030 g/mol. The Morgan fingerprint density at radius 1 is 0.919 bits per heavy atom. The van der Waals surface area contributed by atoms with Gasteiger partial charge in [0.1, 0.15) is 30.1 Å². The molecule has 74 heavy (non-hydrogen) atoms. The normalized spacial score (nSPS) is 38.0. The lowest BCUT2D eigenvalue weighted by molar-refractivity contribution is -0.249. The molecule has 6 aliphatic carbocycles. The highest BCUT2D eigenvalue weighted by Crippen LogP contribution is 2.68. The van der Waals surface area contributed by atoms with Gasteiger partial charge in [0.15, 0.2) is 23.6 Å². The van der Waals surface area contributed by atoms with Gasteiger partial charge in [-0.05, 0) is 140 Å². The third-order valence-corrected chi connectivity index (χ3v) is 19.9. The first kappa shape index (κ1) is 54.7. The topological polar surface area (TPSA) is 258 Å². The largest absolute Gasteiger partial charge is 0.496 e. The molecular weight excluding hydrogens is 949 g/mol. The zero-order valence-electron chi connectivity index (χ0n) is 44.0. The maximum Gasteiger partial charge on any atom is 0.242 e. The molecule has 18 atom stereocenters. The van der Waals surface area contributed by atoms with E-state index in [-0.39, 0.29) is 107 Å². The molecule has 0 spiro atoms. The van der Waals surface area contributed by atoms with E-state index in [1.807, 2.05) is 6.92 Å². The molecule has 16 heteroatoms. The molecule has 1 aliphatic heterocycles. The van der Waals surface area contributed by atoms with E-state index in [0.29, 0.717) is 49.7 Å². The van der Waals surface area contributed by atoms with Gasteiger partial charge < -0.3 is 55.5 Å². The van der Waals surface area contributed by atoms with Crippen molar-refractivity contribution in [1.82, 2.24) is 10.6 Å². The summed E-state index contributed by atoms with van der Waals surface area (Å²) in [5.74, 6) is -1.35. The standard InChI is InChI=1S/C58H80N2O14/c1-7-8-9-12-41(59-48(66)17-14-29(2)38-15-16-39-51-40(24-46(64)57(38,39)5)56(4)19-18-33(62)21-32(56)22-43(51)63)55(70)60-42-25-49(73-30(3)52(42)67)74-45-27-58(71,47(65)28-61)26-31-20-36-37(23-35(31)45)54(69)50-34(53(36)68)11-10-13-44(50)72-6/h10-11,13,20,23,29-30,32-33,38-43,45-46,49,51-52,61-64,67,71H,7-9,12,14-19,21-22,24-28H2,1-6H3,(H,59,66)(H,60,70)/t29-,30?,32+,33-,38-,39?,40+,41?,42?,43-,45?,46+,49?,51+,52?,56+,57-,58+/m1/s1. The van der Waals surface area contributed by atoms with Gasteiger partial charge in [-0.2, -0.15) is 0 Å². The lowest BCUT2D eigenvalue weighted by Crippen LogP contribution is -2.62. The van der Waals surface area contributed by atoms with Crippen molar-refractivity contribution in [2.45, 2.75) is 198 Å². The first-order chi connectivity index (χ1) is 35.2. The number of nitrogens with one attached hydrogen (secondary N) is 2. The number of hydrogen-bond acceptors (Lipinski definition) is 14. The molecule has 16 nitrogen and oxygen atoms in total. The van der Waals surface area contributed by atoms with Gasteiger partial charge in [-0.1, -0.05) is 59.1 Å². The number of fused-ring (bicyclic) bond motifs is 8. The summed E-state index contributed by atoms with van der Waals surface area (Å²) in [7, 11) is 1.41. The number of rotatable bonds is 16. The minimum atomic E-state index is -2.10. The number of methoxy groups -OCH3 is 1. The van der Waals surface area contributed by atoms with Crippen LogP contribution in [-0.4, -0.2) is 128 Å². The van der Waals surface area contributed by atoms with Crippen LogP contribution in [-0.2, 0) is 30.3 Å². The van der Waals surface area contributed by atoms with Crippen molar-refractivity contribution in [3.05, 3.63) is 63.7 Å². The van der Waals surface area contributed by atoms with Crippen molar-refractivity contribution in [2.24, 2.45) is 46.3 Å². The molecule has 2 aromatic rings. The number of carbonyl (C=O) groups excluding carboxylic acids is 5. The van der Waals surface area contributed by atoms with Crippen molar-refractivity contribution in [1.29, 1.82) is 0 Å². The van der Waals surface area contributed by atoms with E-state index in [1.54, 1.807) is 19.1 Å². The zero-order valence-corrected chi connectivity index (χ0v) is 44.0. The summed E-state index contributed by atoms with van der Waals surface area (Å²) in [5, 5.41) is 73.5. The molecule has 0 bridgehead atoms. The van der Waals surface area contributed by atoms with Gasteiger partial charge in [-0.3, -0.25) is 24.0 Å². The smallest absolute Gasteiger partial charge is 0.242 e. The molecular formula is C58H80N2O14. The van der Waals surface area contributed by atoms with E-state index < -0.39 is 89.8 Å². The van der Waals surface area contributed by atoms with E-state index in [9.17, 15) is 54.6 Å². The first-order valence-electron chi connectivity index (χ1n) is 27.6. The number of hydrogen-bond donors (Lipinski definition) is 8. The summed E-state index contributed by atoms with van der Waals surface area (Å²) in [4.78, 5) is 69.2. The molecule has 2 amide bonds. The summed E-state index contributed by atoms with van der Waals surface area (Å²) in [5.41, 5.74) is -1.28. The highest BCUT2D eigenvalue weighted by molar-refractivity contribution is 6.29. The van der Waals surface area contributed by atoms with Crippen LogP contribution in [0.3, 0.4) is 0 Å². The second-order valence-corrected chi connectivity index (χ2v) is 24.0. The fourth-order valence-corrected chi connectivity index (χ4v) is 15.8. The van der Waals surface area contributed by atoms with Crippen LogP contribution in [0.1, 0.15) is 180 Å². The van der Waals surface area contributed by atoms with Gasteiger partial charge in [-0.25, -0.2) is 0 Å². The number of carbonyl (C=O) groups is 5. The number of unbranched alkanes of at least 4 members (excludes halogenated alkanes) is 2. The quantitative estimate of drug-likeness (QED) is 0.0860. The van der Waals surface area contributed by atoms with Gasteiger partial charge in [-0.15, -0.1) is 0 Å². The summed E-state index contributed by atoms with van der Waals surface area (Å²) >= 11 is 0. The molecule has 7 unspecified atom stereocenters. The monoisotopic (exact) mass is 1030 g/mol. The van der Waals surface area contributed by atoms with Crippen molar-refractivity contribution in [3.63, 3.8) is 0 Å².